The third-order valence-corrected chi connectivity index (χ3v) is 4.67. The van der Waals surface area contributed by atoms with E-state index < -0.39 is 0 Å². The number of benzene rings is 1. The van der Waals surface area contributed by atoms with Gasteiger partial charge in [0.1, 0.15) is 0 Å². The molecule has 1 aliphatic rings. The highest BCUT2D eigenvalue weighted by atomic mass is 32.1. The van der Waals surface area contributed by atoms with Crippen molar-refractivity contribution in [3.63, 3.8) is 0 Å². The summed E-state index contributed by atoms with van der Waals surface area (Å²) in [6.45, 7) is 3.93. The van der Waals surface area contributed by atoms with Crippen molar-refractivity contribution in [3.05, 3.63) is 62.3 Å². The third kappa shape index (κ3) is 3.12. The molecule has 110 valence electrons. The zero-order chi connectivity index (χ0) is 14.7. The normalized spacial score (nSPS) is 17.5. The van der Waals surface area contributed by atoms with Crippen LogP contribution in [0.25, 0.3) is 0 Å². The van der Waals surface area contributed by atoms with Crippen LogP contribution in [0.3, 0.4) is 0 Å². The minimum atomic E-state index is -0.352. The monoisotopic (exact) mass is 303 g/mol. The second kappa shape index (κ2) is 6.34. The standard InChI is InChI=1S/C15H17N3O2S/c19-18(20)13-5-3-12(4-6-13)15(14-2-1-11-21-14)17-9-7-16-8-10-17/h1-6,11,15-16H,7-10H2/t15-/m0/s1. The van der Waals surface area contributed by atoms with Crippen LogP contribution >= 0.6 is 11.3 Å². The molecule has 3 rings (SSSR count). The zero-order valence-corrected chi connectivity index (χ0v) is 12.4. The lowest BCUT2D eigenvalue weighted by molar-refractivity contribution is -0.384. The van der Waals surface area contributed by atoms with Crippen molar-refractivity contribution >= 4 is 17.0 Å². The molecule has 0 radical (unpaired) electrons. The molecule has 0 unspecified atom stereocenters. The van der Waals surface area contributed by atoms with E-state index in [-0.39, 0.29) is 16.7 Å². The van der Waals surface area contributed by atoms with Gasteiger partial charge in [0, 0.05) is 43.2 Å². The van der Waals surface area contributed by atoms with Crippen LogP contribution in [-0.2, 0) is 0 Å². The number of rotatable bonds is 4. The van der Waals surface area contributed by atoms with Crippen LogP contribution < -0.4 is 5.32 Å². The molecule has 0 saturated carbocycles. The van der Waals surface area contributed by atoms with E-state index in [0.717, 1.165) is 31.7 Å². The molecule has 5 nitrogen and oxygen atoms in total. The van der Waals surface area contributed by atoms with E-state index in [1.54, 1.807) is 23.5 Å². The Morgan fingerprint density at radius 3 is 2.48 bits per heavy atom. The van der Waals surface area contributed by atoms with Crippen LogP contribution in [0.15, 0.2) is 41.8 Å². The Bertz CT molecular complexity index is 592. The molecule has 1 atom stereocenters. The lowest BCUT2D eigenvalue weighted by atomic mass is 10.0. The Hall–Kier alpha value is -1.76. The maximum Gasteiger partial charge on any atom is 0.269 e. The van der Waals surface area contributed by atoms with E-state index in [0.29, 0.717) is 0 Å². The maximum atomic E-state index is 10.8. The van der Waals surface area contributed by atoms with E-state index in [1.165, 1.54) is 4.88 Å². The van der Waals surface area contributed by atoms with Crippen molar-refractivity contribution in [1.82, 2.24) is 10.2 Å². The Labute approximate surface area is 127 Å². The van der Waals surface area contributed by atoms with E-state index in [1.807, 2.05) is 12.1 Å². The topological polar surface area (TPSA) is 58.4 Å². The SMILES string of the molecule is O=[N+]([O-])c1ccc([C@@H](c2cccs2)N2CCNCC2)cc1. The third-order valence-electron chi connectivity index (χ3n) is 3.75. The molecule has 2 aromatic rings. The highest BCUT2D eigenvalue weighted by Crippen LogP contribution is 2.32. The Morgan fingerprint density at radius 1 is 1.19 bits per heavy atom. The van der Waals surface area contributed by atoms with Crippen LogP contribution in [-0.4, -0.2) is 36.0 Å². The second-order valence-corrected chi connectivity index (χ2v) is 6.03. The molecule has 1 saturated heterocycles. The summed E-state index contributed by atoms with van der Waals surface area (Å²) in [5.41, 5.74) is 1.26. The van der Waals surface area contributed by atoms with Gasteiger partial charge in [-0.05, 0) is 17.0 Å². The molecule has 1 N–H and O–H groups in total. The number of nitrogens with one attached hydrogen (secondary N) is 1. The summed E-state index contributed by atoms with van der Waals surface area (Å²) in [4.78, 5) is 14.2. The van der Waals surface area contributed by atoms with Gasteiger partial charge in [-0.1, -0.05) is 18.2 Å². The molecule has 2 heterocycles. The molecule has 1 aliphatic heterocycles. The molecule has 0 aliphatic carbocycles. The zero-order valence-electron chi connectivity index (χ0n) is 11.6. The van der Waals surface area contributed by atoms with Gasteiger partial charge in [0.05, 0.1) is 11.0 Å². The van der Waals surface area contributed by atoms with Crippen molar-refractivity contribution in [1.29, 1.82) is 0 Å². The van der Waals surface area contributed by atoms with Gasteiger partial charge >= 0.3 is 0 Å². The van der Waals surface area contributed by atoms with Gasteiger partial charge in [0.15, 0.2) is 0 Å². The highest BCUT2D eigenvalue weighted by molar-refractivity contribution is 7.10. The van der Waals surface area contributed by atoms with Gasteiger partial charge in [-0.15, -0.1) is 11.3 Å². The van der Waals surface area contributed by atoms with Crippen molar-refractivity contribution < 1.29 is 4.92 Å². The summed E-state index contributed by atoms with van der Waals surface area (Å²) in [6, 6.07) is 11.3. The summed E-state index contributed by atoms with van der Waals surface area (Å²) in [5, 5.41) is 16.2. The van der Waals surface area contributed by atoms with Gasteiger partial charge in [0.2, 0.25) is 0 Å². The van der Waals surface area contributed by atoms with Gasteiger partial charge in [-0.3, -0.25) is 15.0 Å². The quantitative estimate of drug-likeness (QED) is 0.697. The van der Waals surface area contributed by atoms with Gasteiger partial charge in [-0.25, -0.2) is 0 Å². The van der Waals surface area contributed by atoms with E-state index in [2.05, 4.69) is 27.7 Å². The summed E-state index contributed by atoms with van der Waals surface area (Å²) >= 11 is 1.73. The van der Waals surface area contributed by atoms with Gasteiger partial charge in [0.25, 0.3) is 5.69 Å². The number of hydrogen-bond donors (Lipinski definition) is 1. The van der Waals surface area contributed by atoms with E-state index in [4.69, 9.17) is 0 Å². The fourth-order valence-corrected chi connectivity index (χ4v) is 3.61. The van der Waals surface area contributed by atoms with Crippen molar-refractivity contribution in [2.45, 2.75) is 6.04 Å². The predicted molar refractivity (Wildman–Crippen MR) is 83.7 cm³/mol. The minimum Gasteiger partial charge on any atom is -0.314 e. The van der Waals surface area contributed by atoms with Gasteiger partial charge in [-0.2, -0.15) is 0 Å². The maximum absolute atomic E-state index is 10.8. The number of piperazine rings is 1. The van der Waals surface area contributed by atoms with E-state index >= 15 is 0 Å². The molecule has 1 aromatic heterocycles. The van der Waals surface area contributed by atoms with Crippen molar-refractivity contribution in [2.75, 3.05) is 26.2 Å². The Morgan fingerprint density at radius 2 is 1.90 bits per heavy atom. The summed E-state index contributed by atoms with van der Waals surface area (Å²) in [6.07, 6.45) is 0. The van der Waals surface area contributed by atoms with Crippen LogP contribution in [0.1, 0.15) is 16.5 Å². The van der Waals surface area contributed by atoms with Crippen LogP contribution in [0, 0.1) is 10.1 Å². The molecule has 1 fully saturated rings. The fraction of sp³-hybridized carbons (Fsp3) is 0.333. The predicted octanol–water partition coefficient (Wildman–Crippen LogP) is 2.65. The smallest absolute Gasteiger partial charge is 0.269 e. The second-order valence-electron chi connectivity index (χ2n) is 5.05. The number of non-ortho nitro benzene ring substituents is 1. The van der Waals surface area contributed by atoms with Crippen molar-refractivity contribution in [3.8, 4) is 0 Å². The van der Waals surface area contributed by atoms with Crippen molar-refractivity contribution in [2.24, 2.45) is 0 Å². The first-order valence-electron chi connectivity index (χ1n) is 6.98. The van der Waals surface area contributed by atoms with Gasteiger partial charge < -0.3 is 5.32 Å². The van der Waals surface area contributed by atoms with Crippen LogP contribution in [0.4, 0.5) is 5.69 Å². The minimum absolute atomic E-state index is 0.143. The number of thiophene rings is 1. The number of nitro groups is 1. The average Bonchev–Trinajstić information content (AvgIpc) is 3.03. The molecule has 0 bridgehead atoms. The summed E-state index contributed by atoms with van der Waals surface area (Å²) < 4.78 is 0. The molecule has 1 aromatic carbocycles. The van der Waals surface area contributed by atoms with E-state index in [9.17, 15) is 10.1 Å². The molecule has 6 heteroatoms. The molecule has 21 heavy (non-hydrogen) atoms. The first-order chi connectivity index (χ1) is 10.3. The Kier molecular flexibility index (Phi) is 4.28. The number of hydrogen-bond acceptors (Lipinski definition) is 5. The molecule has 0 spiro atoms. The first-order valence-corrected chi connectivity index (χ1v) is 7.86. The fourth-order valence-electron chi connectivity index (χ4n) is 2.72. The number of nitro benzene ring substituents is 1. The molecule has 0 amide bonds. The number of nitrogens with zero attached hydrogens (tertiary/aromatic N) is 2. The average molecular weight is 303 g/mol. The summed E-state index contributed by atoms with van der Waals surface area (Å²) in [5.74, 6) is 0. The first kappa shape index (κ1) is 14.2. The van der Waals surface area contributed by atoms with Crippen LogP contribution in [0.2, 0.25) is 0 Å². The van der Waals surface area contributed by atoms with Crippen LogP contribution in [0.5, 0.6) is 0 Å². The largest absolute Gasteiger partial charge is 0.314 e. The Balaban J connectivity index is 1.92. The lowest BCUT2D eigenvalue weighted by Gasteiger charge is -2.34. The molecular weight excluding hydrogens is 286 g/mol. The summed E-state index contributed by atoms with van der Waals surface area (Å²) in [7, 11) is 0. The molecular formula is C15H17N3O2S. The lowest BCUT2D eigenvalue weighted by Crippen LogP contribution is -2.45. The highest BCUT2D eigenvalue weighted by Gasteiger charge is 2.25.